The van der Waals surface area contributed by atoms with Crippen molar-refractivity contribution in [3.05, 3.63) is 29.3 Å². The van der Waals surface area contributed by atoms with Crippen LogP contribution in [0.4, 0.5) is 0 Å². The van der Waals surface area contributed by atoms with Crippen molar-refractivity contribution >= 4 is 9.84 Å². The van der Waals surface area contributed by atoms with Crippen molar-refractivity contribution < 1.29 is 13.2 Å². The molecule has 0 saturated carbocycles. The molecule has 0 spiro atoms. The highest BCUT2D eigenvalue weighted by atomic mass is 32.2. The lowest BCUT2D eigenvalue weighted by atomic mass is 10.1. The van der Waals surface area contributed by atoms with E-state index in [0.29, 0.717) is 24.6 Å². The maximum Gasteiger partial charge on any atom is 0.152 e. The summed E-state index contributed by atoms with van der Waals surface area (Å²) < 4.78 is 27.9. The highest BCUT2D eigenvalue weighted by Gasteiger charge is 2.20. The zero-order valence-corrected chi connectivity index (χ0v) is 12.4. The Hall–Kier alpha value is -1.07. The number of sulfone groups is 1. The van der Waals surface area contributed by atoms with Crippen LogP contribution in [0.2, 0.25) is 0 Å². The highest BCUT2D eigenvalue weighted by molar-refractivity contribution is 7.91. The minimum atomic E-state index is -2.77. The van der Waals surface area contributed by atoms with Crippen molar-refractivity contribution in [3.63, 3.8) is 0 Å². The molecular formula is C14H21NO3S. The Labute approximate surface area is 115 Å². The van der Waals surface area contributed by atoms with Crippen LogP contribution in [0.25, 0.3) is 0 Å². The Balaban J connectivity index is 1.88. The van der Waals surface area contributed by atoms with Crippen molar-refractivity contribution in [2.75, 3.05) is 38.2 Å². The van der Waals surface area contributed by atoms with Crippen molar-refractivity contribution in [2.45, 2.75) is 13.3 Å². The van der Waals surface area contributed by atoms with Gasteiger partial charge < -0.3 is 9.64 Å². The number of benzene rings is 1. The van der Waals surface area contributed by atoms with Gasteiger partial charge in [-0.15, -0.1) is 0 Å². The van der Waals surface area contributed by atoms with E-state index < -0.39 is 9.84 Å². The number of nitrogens with zero attached hydrogens (tertiary/aromatic N) is 1. The molecule has 0 atom stereocenters. The predicted octanol–water partition coefficient (Wildman–Crippen LogP) is 1.28. The van der Waals surface area contributed by atoms with E-state index in [-0.39, 0.29) is 0 Å². The normalized spacial score (nSPS) is 19.3. The van der Waals surface area contributed by atoms with Crippen LogP contribution in [0, 0.1) is 6.92 Å². The molecule has 2 rings (SSSR count). The van der Waals surface area contributed by atoms with Gasteiger partial charge in [0, 0.05) is 19.6 Å². The van der Waals surface area contributed by atoms with Crippen LogP contribution >= 0.6 is 0 Å². The molecule has 0 radical (unpaired) electrons. The van der Waals surface area contributed by atoms with Crippen LogP contribution in [0.5, 0.6) is 5.75 Å². The molecule has 1 saturated heterocycles. The molecule has 1 fully saturated rings. The van der Waals surface area contributed by atoms with Crippen molar-refractivity contribution in [3.8, 4) is 5.75 Å². The minimum absolute atomic E-state index is 0.300. The first-order chi connectivity index (χ1) is 9.00. The molecule has 19 heavy (non-hydrogen) atoms. The summed E-state index contributed by atoms with van der Waals surface area (Å²) >= 11 is 0. The third kappa shape index (κ3) is 3.94. The van der Waals surface area contributed by atoms with E-state index in [2.05, 4.69) is 17.0 Å². The molecule has 0 amide bonds. The smallest absolute Gasteiger partial charge is 0.152 e. The van der Waals surface area contributed by atoms with Crippen LogP contribution in [0.3, 0.4) is 0 Å². The molecule has 4 nitrogen and oxygen atoms in total. The van der Waals surface area contributed by atoms with Gasteiger partial charge in [0.1, 0.15) is 5.75 Å². The first-order valence-corrected chi connectivity index (χ1v) is 8.38. The van der Waals surface area contributed by atoms with Crippen LogP contribution in [-0.2, 0) is 16.3 Å². The van der Waals surface area contributed by atoms with Gasteiger partial charge in [-0.05, 0) is 30.5 Å². The maximum atomic E-state index is 11.3. The Morgan fingerprint density at radius 2 is 1.95 bits per heavy atom. The van der Waals surface area contributed by atoms with Gasteiger partial charge in [-0.2, -0.15) is 0 Å². The number of hydrogen-bond donors (Lipinski definition) is 0. The second kappa shape index (κ2) is 5.92. The Morgan fingerprint density at radius 1 is 1.26 bits per heavy atom. The molecule has 0 unspecified atom stereocenters. The Bertz CT molecular complexity index is 526. The number of ether oxygens (including phenoxy) is 1. The van der Waals surface area contributed by atoms with Crippen LogP contribution in [0.15, 0.2) is 18.2 Å². The second-order valence-electron chi connectivity index (χ2n) is 5.05. The summed E-state index contributed by atoms with van der Waals surface area (Å²) in [7, 11) is -1.10. The molecular weight excluding hydrogens is 262 g/mol. The van der Waals surface area contributed by atoms with Gasteiger partial charge in [0.05, 0.1) is 18.6 Å². The van der Waals surface area contributed by atoms with Crippen LogP contribution in [-0.4, -0.2) is 51.6 Å². The van der Waals surface area contributed by atoms with E-state index in [1.165, 1.54) is 5.56 Å². The molecule has 1 heterocycles. The van der Waals surface area contributed by atoms with Crippen molar-refractivity contribution in [1.29, 1.82) is 0 Å². The van der Waals surface area contributed by atoms with Gasteiger partial charge in [-0.1, -0.05) is 12.1 Å². The van der Waals surface area contributed by atoms with Gasteiger partial charge in [0.2, 0.25) is 0 Å². The highest BCUT2D eigenvalue weighted by Crippen LogP contribution is 2.19. The summed E-state index contributed by atoms with van der Waals surface area (Å²) in [4.78, 5) is 2.22. The van der Waals surface area contributed by atoms with Crippen LogP contribution in [0.1, 0.15) is 11.1 Å². The molecule has 1 aromatic rings. The van der Waals surface area contributed by atoms with Gasteiger partial charge in [0.15, 0.2) is 9.84 Å². The summed E-state index contributed by atoms with van der Waals surface area (Å²) in [5.74, 6) is 1.51. The monoisotopic (exact) mass is 283 g/mol. The zero-order chi connectivity index (χ0) is 13.9. The van der Waals surface area contributed by atoms with E-state index in [9.17, 15) is 8.42 Å². The van der Waals surface area contributed by atoms with E-state index in [1.54, 1.807) is 7.11 Å². The minimum Gasteiger partial charge on any atom is -0.496 e. The average molecular weight is 283 g/mol. The van der Waals surface area contributed by atoms with Crippen molar-refractivity contribution in [2.24, 2.45) is 0 Å². The molecule has 0 N–H and O–H groups in total. The van der Waals surface area contributed by atoms with E-state index in [0.717, 1.165) is 24.3 Å². The lowest BCUT2D eigenvalue weighted by Gasteiger charge is -2.26. The Morgan fingerprint density at radius 3 is 2.53 bits per heavy atom. The fraction of sp³-hybridized carbons (Fsp3) is 0.571. The molecule has 1 aliphatic heterocycles. The molecule has 0 aliphatic carbocycles. The van der Waals surface area contributed by atoms with Gasteiger partial charge in [0.25, 0.3) is 0 Å². The van der Waals surface area contributed by atoms with Crippen molar-refractivity contribution in [1.82, 2.24) is 4.90 Å². The molecule has 0 bridgehead atoms. The van der Waals surface area contributed by atoms with Gasteiger partial charge in [-0.25, -0.2) is 8.42 Å². The quantitative estimate of drug-likeness (QED) is 0.835. The van der Waals surface area contributed by atoms with Crippen LogP contribution < -0.4 is 4.74 Å². The lowest BCUT2D eigenvalue weighted by molar-refractivity contribution is 0.299. The van der Waals surface area contributed by atoms with E-state index in [4.69, 9.17) is 4.74 Å². The number of hydrogen-bond acceptors (Lipinski definition) is 4. The molecule has 1 aromatic carbocycles. The van der Waals surface area contributed by atoms with Gasteiger partial charge in [-0.3, -0.25) is 0 Å². The summed E-state index contributed by atoms with van der Waals surface area (Å²) in [6.45, 7) is 4.28. The fourth-order valence-electron chi connectivity index (χ4n) is 2.36. The summed E-state index contributed by atoms with van der Waals surface area (Å²) in [5, 5.41) is 0. The zero-order valence-electron chi connectivity index (χ0n) is 11.6. The summed E-state index contributed by atoms with van der Waals surface area (Å²) in [5.41, 5.74) is 2.41. The summed E-state index contributed by atoms with van der Waals surface area (Å²) in [6.07, 6.45) is 0.949. The second-order valence-corrected chi connectivity index (χ2v) is 7.35. The topological polar surface area (TPSA) is 46.6 Å². The third-order valence-electron chi connectivity index (χ3n) is 3.61. The molecule has 1 aliphatic rings. The number of aryl methyl sites for hydroxylation is 1. The van der Waals surface area contributed by atoms with E-state index >= 15 is 0 Å². The standard InChI is InChI=1S/C14H21NO3S/c1-12-11-13(3-4-14(12)18-2)5-6-15-7-9-19(16,17)10-8-15/h3-4,11H,5-10H2,1-2H3. The number of methoxy groups -OCH3 is 1. The van der Waals surface area contributed by atoms with Gasteiger partial charge >= 0.3 is 0 Å². The first kappa shape index (κ1) is 14.3. The Kier molecular flexibility index (Phi) is 4.47. The SMILES string of the molecule is COc1ccc(CCN2CCS(=O)(=O)CC2)cc1C. The first-order valence-electron chi connectivity index (χ1n) is 6.56. The number of rotatable bonds is 4. The molecule has 0 aromatic heterocycles. The average Bonchev–Trinajstić information content (AvgIpc) is 2.38. The fourth-order valence-corrected chi connectivity index (χ4v) is 3.63. The maximum absolute atomic E-state index is 11.3. The summed E-state index contributed by atoms with van der Waals surface area (Å²) in [6, 6.07) is 6.21. The third-order valence-corrected chi connectivity index (χ3v) is 5.22. The molecule has 5 heteroatoms. The van der Waals surface area contributed by atoms with E-state index in [1.807, 2.05) is 13.0 Å². The largest absolute Gasteiger partial charge is 0.496 e. The molecule has 106 valence electrons. The lowest BCUT2D eigenvalue weighted by Crippen LogP contribution is -2.41. The predicted molar refractivity (Wildman–Crippen MR) is 76.5 cm³/mol.